The Kier molecular flexibility index (Phi) is 4.64. The van der Waals surface area contributed by atoms with Crippen molar-refractivity contribution in [3.05, 3.63) is 0 Å². The average molecular weight is 211 g/mol. The van der Waals surface area contributed by atoms with Crippen LogP contribution in [0.1, 0.15) is 59.8 Å². The Hall–Kier alpha value is -0.0400. The van der Waals surface area contributed by atoms with Crippen molar-refractivity contribution in [1.82, 2.24) is 0 Å². The quantitative estimate of drug-likeness (QED) is 0.751. The topological polar surface area (TPSA) is 26.0 Å². The van der Waals surface area contributed by atoms with E-state index in [1.165, 1.54) is 32.1 Å². The third-order valence-corrected chi connectivity index (χ3v) is 4.89. The molecule has 2 N–H and O–H groups in total. The van der Waals surface area contributed by atoms with Gasteiger partial charge in [0.1, 0.15) is 0 Å². The van der Waals surface area contributed by atoms with Gasteiger partial charge in [-0.25, -0.2) is 0 Å². The maximum atomic E-state index is 6.03. The molecule has 2 unspecified atom stereocenters. The molecule has 1 aliphatic rings. The van der Waals surface area contributed by atoms with Crippen LogP contribution >= 0.6 is 0 Å². The van der Waals surface area contributed by atoms with Crippen LogP contribution in [-0.2, 0) is 0 Å². The molecule has 90 valence electrons. The molecule has 15 heavy (non-hydrogen) atoms. The van der Waals surface area contributed by atoms with Gasteiger partial charge in [-0.1, -0.05) is 47.0 Å². The number of hydrogen-bond donors (Lipinski definition) is 1. The molecule has 1 nitrogen and oxygen atoms in total. The van der Waals surface area contributed by atoms with Crippen molar-refractivity contribution in [1.29, 1.82) is 0 Å². The highest BCUT2D eigenvalue weighted by molar-refractivity contribution is 4.90. The summed E-state index contributed by atoms with van der Waals surface area (Å²) in [6.07, 6.45) is 6.80. The van der Waals surface area contributed by atoms with Gasteiger partial charge in [-0.05, 0) is 42.6 Å². The summed E-state index contributed by atoms with van der Waals surface area (Å²) in [4.78, 5) is 0. The summed E-state index contributed by atoms with van der Waals surface area (Å²) in [5.41, 5.74) is 6.42. The van der Waals surface area contributed by atoms with Crippen LogP contribution in [-0.4, -0.2) is 6.54 Å². The molecule has 0 radical (unpaired) electrons. The third kappa shape index (κ3) is 2.75. The molecular weight excluding hydrogens is 182 g/mol. The van der Waals surface area contributed by atoms with E-state index in [4.69, 9.17) is 5.73 Å². The summed E-state index contributed by atoms with van der Waals surface area (Å²) in [6, 6.07) is 0. The van der Waals surface area contributed by atoms with Crippen LogP contribution in [0.15, 0.2) is 0 Å². The maximum absolute atomic E-state index is 6.03. The number of nitrogens with two attached hydrogens (primary N) is 1. The van der Waals surface area contributed by atoms with E-state index < -0.39 is 0 Å². The van der Waals surface area contributed by atoms with E-state index in [-0.39, 0.29) is 0 Å². The van der Waals surface area contributed by atoms with Crippen LogP contribution in [0.3, 0.4) is 0 Å². The minimum Gasteiger partial charge on any atom is -0.330 e. The van der Waals surface area contributed by atoms with Crippen LogP contribution in [0.25, 0.3) is 0 Å². The highest BCUT2D eigenvalue weighted by atomic mass is 14.6. The SMILES string of the molecule is CCC[C@@](C)(CN)C1CCC[C@H](C)C1C. The molecule has 1 aliphatic carbocycles. The molecular formula is C14H29N. The first-order valence-corrected chi connectivity index (χ1v) is 6.75. The molecule has 0 aromatic rings. The van der Waals surface area contributed by atoms with E-state index in [0.717, 1.165) is 24.3 Å². The van der Waals surface area contributed by atoms with E-state index in [1.54, 1.807) is 0 Å². The number of hydrogen-bond acceptors (Lipinski definition) is 1. The fourth-order valence-electron chi connectivity index (χ4n) is 3.58. The fraction of sp³-hybridized carbons (Fsp3) is 1.00. The molecule has 1 saturated carbocycles. The summed E-state index contributed by atoms with van der Waals surface area (Å²) in [5, 5.41) is 0. The van der Waals surface area contributed by atoms with Crippen molar-refractivity contribution < 1.29 is 0 Å². The van der Waals surface area contributed by atoms with Crippen molar-refractivity contribution in [3.8, 4) is 0 Å². The van der Waals surface area contributed by atoms with Gasteiger partial charge in [0.15, 0.2) is 0 Å². The van der Waals surface area contributed by atoms with Crippen molar-refractivity contribution in [2.75, 3.05) is 6.54 Å². The van der Waals surface area contributed by atoms with Gasteiger partial charge in [0.2, 0.25) is 0 Å². The molecule has 0 aromatic heterocycles. The molecule has 0 aliphatic heterocycles. The Balaban J connectivity index is 2.73. The predicted molar refractivity (Wildman–Crippen MR) is 67.7 cm³/mol. The van der Waals surface area contributed by atoms with E-state index in [2.05, 4.69) is 27.7 Å². The monoisotopic (exact) mass is 211 g/mol. The summed E-state index contributed by atoms with van der Waals surface area (Å²) in [7, 11) is 0. The van der Waals surface area contributed by atoms with Gasteiger partial charge in [-0.2, -0.15) is 0 Å². The van der Waals surface area contributed by atoms with Gasteiger partial charge >= 0.3 is 0 Å². The normalized spacial score (nSPS) is 36.2. The third-order valence-electron chi connectivity index (χ3n) is 4.89. The minimum atomic E-state index is 0.392. The summed E-state index contributed by atoms with van der Waals surface area (Å²) >= 11 is 0. The summed E-state index contributed by atoms with van der Waals surface area (Å²) in [6.45, 7) is 10.4. The first-order chi connectivity index (χ1) is 7.05. The zero-order valence-corrected chi connectivity index (χ0v) is 11.1. The Morgan fingerprint density at radius 2 is 1.93 bits per heavy atom. The van der Waals surface area contributed by atoms with Crippen molar-refractivity contribution in [3.63, 3.8) is 0 Å². The highest BCUT2D eigenvalue weighted by Crippen LogP contribution is 2.46. The first kappa shape index (κ1) is 13.0. The highest BCUT2D eigenvalue weighted by Gasteiger charge is 2.39. The molecule has 0 amide bonds. The van der Waals surface area contributed by atoms with E-state index >= 15 is 0 Å². The largest absolute Gasteiger partial charge is 0.330 e. The Bertz CT molecular complexity index is 190. The molecule has 0 saturated heterocycles. The average Bonchev–Trinajstić information content (AvgIpc) is 2.22. The first-order valence-electron chi connectivity index (χ1n) is 6.75. The van der Waals surface area contributed by atoms with Crippen LogP contribution in [0.2, 0.25) is 0 Å². The maximum Gasteiger partial charge on any atom is -0.00204 e. The van der Waals surface area contributed by atoms with Gasteiger partial charge in [-0.15, -0.1) is 0 Å². The molecule has 0 bridgehead atoms. The van der Waals surface area contributed by atoms with Gasteiger partial charge in [0.05, 0.1) is 0 Å². The number of rotatable bonds is 4. The molecule has 0 spiro atoms. The molecule has 1 heteroatoms. The van der Waals surface area contributed by atoms with E-state index in [1.807, 2.05) is 0 Å². The van der Waals surface area contributed by atoms with Crippen molar-refractivity contribution >= 4 is 0 Å². The minimum absolute atomic E-state index is 0.392. The standard InChI is InChI=1S/C14H29N/c1-5-9-14(4,10-15)13-8-6-7-11(2)12(13)3/h11-13H,5-10,15H2,1-4H3/t11-,12?,13?,14-/m0/s1. The zero-order chi connectivity index (χ0) is 11.5. The van der Waals surface area contributed by atoms with E-state index in [9.17, 15) is 0 Å². The van der Waals surface area contributed by atoms with Gasteiger partial charge in [0, 0.05) is 0 Å². The molecule has 4 atom stereocenters. The lowest BCUT2D eigenvalue weighted by atomic mass is 9.61. The molecule has 0 aromatic carbocycles. The second-order valence-corrected chi connectivity index (χ2v) is 5.98. The Labute approximate surface area is 95.8 Å². The fourth-order valence-corrected chi connectivity index (χ4v) is 3.58. The van der Waals surface area contributed by atoms with Crippen molar-refractivity contribution in [2.45, 2.75) is 59.8 Å². The van der Waals surface area contributed by atoms with Gasteiger partial charge < -0.3 is 5.73 Å². The van der Waals surface area contributed by atoms with E-state index in [0.29, 0.717) is 5.41 Å². The Morgan fingerprint density at radius 3 is 2.47 bits per heavy atom. The molecule has 1 rings (SSSR count). The van der Waals surface area contributed by atoms with Crippen molar-refractivity contribution in [2.24, 2.45) is 28.9 Å². The lowest BCUT2D eigenvalue weighted by Crippen LogP contribution is -2.42. The summed E-state index contributed by atoms with van der Waals surface area (Å²) < 4.78 is 0. The second kappa shape index (κ2) is 5.34. The zero-order valence-electron chi connectivity index (χ0n) is 11.1. The lowest BCUT2D eigenvalue weighted by molar-refractivity contribution is 0.0524. The van der Waals surface area contributed by atoms with Crippen LogP contribution in [0.5, 0.6) is 0 Å². The molecule has 1 fully saturated rings. The predicted octanol–water partition coefficient (Wildman–Crippen LogP) is 3.82. The summed E-state index contributed by atoms with van der Waals surface area (Å²) in [5.74, 6) is 2.61. The lowest BCUT2D eigenvalue weighted by Gasteiger charge is -2.45. The van der Waals surface area contributed by atoms with Crippen LogP contribution in [0, 0.1) is 23.2 Å². The molecule has 0 heterocycles. The Morgan fingerprint density at radius 1 is 1.27 bits per heavy atom. The van der Waals surface area contributed by atoms with Gasteiger partial charge in [0.25, 0.3) is 0 Å². The van der Waals surface area contributed by atoms with Gasteiger partial charge in [-0.3, -0.25) is 0 Å². The van der Waals surface area contributed by atoms with Crippen LogP contribution < -0.4 is 5.73 Å². The second-order valence-electron chi connectivity index (χ2n) is 5.98. The smallest absolute Gasteiger partial charge is 0.00204 e. The van der Waals surface area contributed by atoms with Crippen LogP contribution in [0.4, 0.5) is 0 Å².